The number of aryl methyl sites for hydroxylation is 1. The van der Waals surface area contributed by atoms with Gasteiger partial charge in [-0.2, -0.15) is 0 Å². The third kappa shape index (κ3) is 6.55. The molecule has 8 heteroatoms. The molecule has 1 saturated heterocycles. The zero-order valence-corrected chi connectivity index (χ0v) is 21.6. The quantitative estimate of drug-likeness (QED) is 0.555. The second-order valence-electron chi connectivity index (χ2n) is 9.84. The Morgan fingerprint density at radius 1 is 1.03 bits per heavy atom. The maximum atomic E-state index is 13.2. The standard InChI is InChI=1S/C27H37N3O4S/c1-20-12-13-22(18-26(20)35(32,33)29-24-10-6-7-11-25(24)34-2)27(31)28-23-14-16-30(17-15-23)19-21-8-4-3-5-9-21/h6-7,10-13,18,21,23,29H,3-5,8-9,14-17,19H2,1-2H3,(H,28,31). The lowest BCUT2D eigenvalue weighted by atomic mass is 9.88. The van der Waals surface area contributed by atoms with Crippen LogP contribution in [0.15, 0.2) is 47.4 Å². The summed E-state index contributed by atoms with van der Waals surface area (Å²) >= 11 is 0. The van der Waals surface area contributed by atoms with E-state index in [1.54, 1.807) is 43.3 Å². The summed E-state index contributed by atoms with van der Waals surface area (Å²) in [5.74, 6) is 1.02. The van der Waals surface area contributed by atoms with Gasteiger partial charge in [0, 0.05) is 31.2 Å². The van der Waals surface area contributed by atoms with Crippen LogP contribution >= 0.6 is 0 Å². The largest absolute Gasteiger partial charge is 0.495 e. The zero-order chi connectivity index (χ0) is 24.8. The summed E-state index contributed by atoms with van der Waals surface area (Å²) in [7, 11) is -2.41. The Bertz CT molecular complexity index is 1120. The normalized spacial score (nSPS) is 18.2. The number of carbonyl (C=O) groups excluding carboxylic acids is 1. The van der Waals surface area contributed by atoms with E-state index < -0.39 is 10.0 Å². The second-order valence-corrected chi connectivity index (χ2v) is 11.5. The molecule has 1 saturated carbocycles. The van der Waals surface area contributed by atoms with Gasteiger partial charge in [0.2, 0.25) is 0 Å². The van der Waals surface area contributed by atoms with Crippen LogP contribution in [0.1, 0.15) is 60.9 Å². The fourth-order valence-corrected chi connectivity index (χ4v) is 6.57. The maximum absolute atomic E-state index is 13.2. The van der Waals surface area contributed by atoms with Crippen molar-refractivity contribution in [1.82, 2.24) is 10.2 Å². The minimum Gasteiger partial charge on any atom is -0.495 e. The number of benzene rings is 2. The molecular formula is C27H37N3O4S. The Kier molecular flexibility index (Phi) is 8.34. The van der Waals surface area contributed by atoms with Crippen molar-refractivity contribution < 1.29 is 17.9 Å². The summed E-state index contributed by atoms with van der Waals surface area (Å²) in [5, 5.41) is 3.12. The number of ether oxygens (including phenoxy) is 1. The summed E-state index contributed by atoms with van der Waals surface area (Å²) in [6, 6.07) is 11.8. The Labute approximate surface area is 209 Å². The number of carbonyl (C=O) groups is 1. The van der Waals surface area contributed by atoms with Crippen molar-refractivity contribution in [3.05, 3.63) is 53.6 Å². The highest BCUT2D eigenvalue weighted by atomic mass is 32.2. The molecule has 0 aromatic heterocycles. The summed E-state index contributed by atoms with van der Waals surface area (Å²) in [6.07, 6.45) is 8.64. The van der Waals surface area contributed by atoms with E-state index in [4.69, 9.17) is 4.74 Å². The van der Waals surface area contributed by atoms with Gasteiger partial charge in [0.1, 0.15) is 5.75 Å². The highest BCUT2D eigenvalue weighted by molar-refractivity contribution is 7.92. The fourth-order valence-electron chi connectivity index (χ4n) is 5.22. The number of amides is 1. The Hall–Kier alpha value is -2.58. The molecule has 2 N–H and O–H groups in total. The van der Waals surface area contributed by atoms with E-state index in [1.807, 2.05) is 0 Å². The van der Waals surface area contributed by atoms with E-state index >= 15 is 0 Å². The predicted molar refractivity (Wildman–Crippen MR) is 138 cm³/mol. The van der Waals surface area contributed by atoms with Crippen molar-refractivity contribution in [2.24, 2.45) is 5.92 Å². The summed E-state index contributed by atoms with van der Waals surface area (Å²) in [6.45, 7) is 4.90. The molecule has 2 aromatic carbocycles. The number of methoxy groups -OCH3 is 1. The van der Waals surface area contributed by atoms with E-state index in [1.165, 1.54) is 51.8 Å². The molecule has 1 aliphatic carbocycles. The van der Waals surface area contributed by atoms with Crippen molar-refractivity contribution >= 4 is 21.6 Å². The van der Waals surface area contributed by atoms with Gasteiger partial charge in [0.25, 0.3) is 15.9 Å². The molecule has 7 nitrogen and oxygen atoms in total. The van der Waals surface area contributed by atoms with E-state index in [2.05, 4.69) is 14.9 Å². The Morgan fingerprint density at radius 2 is 1.74 bits per heavy atom. The number of nitrogens with one attached hydrogen (secondary N) is 2. The van der Waals surface area contributed by atoms with Crippen LogP contribution in [0, 0.1) is 12.8 Å². The first-order chi connectivity index (χ1) is 16.9. The first-order valence-electron chi connectivity index (χ1n) is 12.7. The van der Waals surface area contributed by atoms with Gasteiger partial charge < -0.3 is 15.0 Å². The molecule has 1 heterocycles. The van der Waals surface area contributed by atoms with Gasteiger partial charge in [-0.1, -0.05) is 37.5 Å². The van der Waals surface area contributed by atoms with Crippen LogP contribution in [0.5, 0.6) is 5.75 Å². The molecular weight excluding hydrogens is 462 g/mol. The van der Waals surface area contributed by atoms with Crippen LogP contribution in [0.25, 0.3) is 0 Å². The van der Waals surface area contributed by atoms with Crippen molar-refractivity contribution in [2.45, 2.75) is 62.8 Å². The minimum absolute atomic E-state index is 0.0818. The first kappa shape index (κ1) is 25.5. The van der Waals surface area contributed by atoms with Gasteiger partial charge >= 0.3 is 0 Å². The smallest absolute Gasteiger partial charge is 0.262 e. The maximum Gasteiger partial charge on any atom is 0.262 e. The predicted octanol–water partition coefficient (Wildman–Crippen LogP) is 4.58. The van der Waals surface area contributed by atoms with Gasteiger partial charge in [0.15, 0.2) is 0 Å². The topological polar surface area (TPSA) is 87.7 Å². The van der Waals surface area contributed by atoms with Gasteiger partial charge in [-0.25, -0.2) is 8.42 Å². The zero-order valence-electron chi connectivity index (χ0n) is 20.8. The number of para-hydroxylation sites is 2. The highest BCUT2D eigenvalue weighted by Crippen LogP contribution is 2.28. The van der Waals surface area contributed by atoms with Crippen molar-refractivity contribution in [1.29, 1.82) is 0 Å². The number of sulfonamides is 1. The molecule has 4 rings (SSSR count). The Balaban J connectivity index is 1.38. The third-order valence-electron chi connectivity index (χ3n) is 7.26. The lowest BCUT2D eigenvalue weighted by Crippen LogP contribution is -2.46. The summed E-state index contributed by atoms with van der Waals surface area (Å²) in [5.41, 5.74) is 1.27. The molecule has 2 fully saturated rings. The lowest BCUT2D eigenvalue weighted by molar-refractivity contribution is 0.0901. The van der Waals surface area contributed by atoms with E-state index in [-0.39, 0.29) is 16.8 Å². The SMILES string of the molecule is COc1ccccc1NS(=O)(=O)c1cc(C(=O)NC2CCN(CC3CCCCC3)CC2)ccc1C. The van der Waals surface area contributed by atoms with Crippen LogP contribution in [0.4, 0.5) is 5.69 Å². The van der Waals surface area contributed by atoms with Crippen LogP contribution in [-0.2, 0) is 10.0 Å². The van der Waals surface area contributed by atoms with Crippen LogP contribution in [0.3, 0.4) is 0 Å². The lowest BCUT2D eigenvalue weighted by Gasteiger charge is -2.35. The number of rotatable bonds is 8. The highest BCUT2D eigenvalue weighted by Gasteiger charge is 2.25. The fraction of sp³-hybridized carbons (Fsp3) is 0.519. The average Bonchev–Trinajstić information content (AvgIpc) is 2.86. The number of hydrogen-bond donors (Lipinski definition) is 2. The number of anilines is 1. The Morgan fingerprint density at radius 3 is 2.46 bits per heavy atom. The first-order valence-corrected chi connectivity index (χ1v) is 14.1. The van der Waals surface area contributed by atoms with Crippen molar-refractivity contribution in [3.63, 3.8) is 0 Å². The third-order valence-corrected chi connectivity index (χ3v) is 8.76. The minimum atomic E-state index is -3.90. The van der Waals surface area contributed by atoms with Crippen molar-refractivity contribution in [3.8, 4) is 5.75 Å². The van der Waals surface area contributed by atoms with Crippen LogP contribution in [-0.4, -0.2) is 52.0 Å². The van der Waals surface area contributed by atoms with Gasteiger partial charge in [-0.15, -0.1) is 0 Å². The van der Waals surface area contributed by atoms with E-state index in [0.29, 0.717) is 22.6 Å². The molecule has 0 atom stereocenters. The second kappa shape index (κ2) is 11.4. The molecule has 2 aliphatic rings. The van der Waals surface area contributed by atoms with E-state index in [0.717, 1.165) is 31.8 Å². The van der Waals surface area contributed by atoms with Crippen LogP contribution in [0.2, 0.25) is 0 Å². The van der Waals surface area contributed by atoms with Gasteiger partial charge in [-0.3, -0.25) is 9.52 Å². The van der Waals surface area contributed by atoms with Crippen molar-refractivity contribution in [2.75, 3.05) is 31.5 Å². The molecule has 190 valence electrons. The summed E-state index contributed by atoms with van der Waals surface area (Å²) in [4.78, 5) is 15.6. The molecule has 0 unspecified atom stereocenters. The molecule has 1 aliphatic heterocycles. The molecule has 0 radical (unpaired) electrons. The number of piperidine rings is 1. The average molecular weight is 500 g/mol. The molecule has 1 amide bonds. The van der Waals surface area contributed by atoms with Crippen LogP contribution < -0.4 is 14.8 Å². The molecule has 2 aromatic rings. The van der Waals surface area contributed by atoms with Gasteiger partial charge in [-0.05, 0) is 68.4 Å². The summed E-state index contributed by atoms with van der Waals surface area (Å²) < 4.78 is 34.2. The van der Waals surface area contributed by atoms with E-state index in [9.17, 15) is 13.2 Å². The number of likely N-dealkylation sites (tertiary alicyclic amines) is 1. The molecule has 35 heavy (non-hydrogen) atoms. The number of nitrogens with zero attached hydrogens (tertiary/aromatic N) is 1. The monoisotopic (exact) mass is 499 g/mol. The molecule has 0 bridgehead atoms. The number of hydrogen-bond acceptors (Lipinski definition) is 5. The molecule has 0 spiro atoms. The van der Waals surface area contributed by atoms with Gasteiger partial charge in [0.05, 0.1) is 17.7 Å².